The minimum Gasteiger partial charge on any atom is -0.378 e. The van der Waals surface area contributed by atoms with Crippen LogP contribution in [-0.4, -0.2) is 45.4 Å². The first-order chi connectivity index (χ1) is 13.9. The number of nitrogens with one attached hydrogen (secondary N) is 2. The Labute approximate surface area is 193 Å². The number of guanidine groups is 1. The van der Waals surface area contributed by atoms with Crippen molar-refractivity contribution >= 4 is 29.9 Å². The molecule has 2 unspecified atom stereocenters. The van der Waals surface area contributed by atoms with Gasteiger partial charge in [-0.2, -0.15) is 0 Å². The molecule has 1 saturated heterocycles. The van der Waals surface area contributed by atoms with Crippen molar-refractivity contribution in [2.45, 2.75) is 63.6 Å². The second-order valence-corrected chi connectivity index (χ2v) is 7.97. The van der Waals surface area contributed by atoms with Gasteiger partial charge in [0.05, 0.1) is 12.2 Å². The molecule has 164 valence electrons. The molecule has 1 aromatic carbocycles. The van der Waals surface area contributed by atoms with Crippen molar-refractivity contribution in [2.24, 2.45) is 10.9 Å². The van der Waals surface area contributed by atoms with Crippen molar-refractivity contribution in [3.63, 3.8) is 0 Å². The van der Waals surface area contributed by atoms with Gasteiger partial charge in [0.25, 0.3) is 0 Å². The molecule has 2 N–H and O–H groups in total. The topological polar surface area (TPSA) is 54.9 Å². The van der Waals surface area contributed by atoms with Gasteiger partial charge >= 0.3 is 0 Å². The summed E-state index contributed by atoms with van der Waals surface area (Å²) in [4.78, 5) is 4.37. The minimum atomic E-state index is 0. The van der Waals surface area contributed by atoms with E-state index in [9.17, 15) is 0 Å². The highest BCUT2D eigenvalue weighted by Gasteiger charge is 2.27. The second kappa shape index (κ2) is 14.2. The van der Waals surface area contributed by atoms with Gasteiger partial charge in [-0.25, -0.2) is 0 Å². The van der Waals surface area contributed by atoms with Crippen molar-refractivity contribution in [2.75, 3.05) is 33.4 Å². The van der Waals surface area contributed by atoms with Crippen LogP contribution in [0.1, 0.15) is 63.0 Å². The molecular weight excluding hydrogens is 477 g/mol. The maximum atomic E-state index is 6.10. The highest BCUT2D eigenvalue weighted by atomic mass is 127. The summed E-state index contributed by atoms with van der Waals surface area (Å²) >= 11 is 0. The van der Waals surface area contributed by atoms with Gasteiger partial charge in [-0.3, -0.25) is 4.99 Å². The molecule has 3 rings (SSSR count). The molecule has 1 aromatic rings. The lowest BCUT2D eigenvalue weighted by atomic mass is 9.89. The van der Waals surface area contributed by atoms with Crippen LogP contribution in [0.5, 0.6) is 0 Å². The first-order valence-electron chi connectivity index (χ1n) is 11.1. The summed E-state index contributed by atoms with van der Waals surface area (Å²) in [6.07, 6.45) is 10.5. The van der Waals surface area contributed by atoms with E-state index >= 15 is 0 Å². The van der Waals surface area contributed by atoms with Gasteiger partial charge in [-0.15, -0.1) is 24.0 Å². The van der Waals surface area contributed by atoms with Crippen molar-refractivity contribution in [3.8, 4) is 0 Å². The molecule has 6 heteroatoms. The molecule has 0 bridgehead atoms. The van der Waals surface area contributed by atoms with E-state index < -0.39 is 0 Å². The highest BCUT2D eigenvalue weighted by Crippen LogP contribution is 2.33. The number of rotatable bonds is 8. The molecule has 1 heterocycles. The van der Waals surface area contributed by atoms with Crippen LogP contribution in [-0.2, 0) is 9.47 Å². The quantitative estimate of drug-likeness (QED) is 0.229. The molecule has 0 radical (unpaired) electrons. The van der Waals surface area contributed by atoms with E-state index in [4.69, 9.17) is 9.47 Å². The van der Waals surface area contributed by atoms with Gasteiger partial charge in [0.2, 0.25) is 0 Å². The number of hydrogen-bond donors (Lipinski definition) is 2. The van der Waals surface area contributed by atoms with Crippen LogP contribution in [0.25, 0.3) is 0 Å². The van der Waals surface area contributed by atoms with Gasteiger partial charge in [-0.05, 0) is 37.7 Å². The van der Waals surface area contributed by atoms with Crippen LogP contribution in [0, 0.1) is 5.92 Å². The van der Waals surface area contributed by atoms with Gasteiger partial charge < -0.3 is 20.1 Å². The molecule has 29 heavy (non-hydrogen) atoms. The van der Waals surface area contributed by atoms with Gasteiger partial charge in [0, 0.05) is 39.3 Å². The first kappa shape index (κ1) is 24.4. The van der Waals surface area contributed by atoms with E-state index in [-0.39, 0.29) is 30.1 Å². The Morgan fingerprint density at radius 3 is 2.62 bits per heavy atom. The van der Waals surface area contributed by atoms with E-state index in [1.807, 2.05) is 7.05 Å². The SMILES string of the molecule is CN=C(NCCCOC1CCCCC1)NCC1CCCOC1c1ccccc1.I. The lowest BCUT2D eigenvalue weighted by molar-refractivity contribution is -0.0265. The van der Waals surface area contributed by atoms with Crippen molar-refractivity contribution in [1.82, 2.24) is 10.6 Å². The Balaban J connectivity index is 0.00000300. The average Bonchev–Trinajstić information content (AvgIpc) is 2.77. The van der Waals surface area contributed by atoms with Crippen LogP contribution in [0.15, 0.2) is 35.3 Å². The number of aliphatic imine (C=N–C) groups is 1. The maximum absolute atomic E-state index is 6.10. The minimum absolute atomic E-state index is 0. The number of benzene rings is 1. The fourth-order valence-electron chi connectivity index (χ4n) is 4.27. The molecule has 2 atom stereocenters. The van der Waals surface area contributed by atoms with E-state index in [1.165, 1.54) is 44.1 Å². The Morgan fingerprint density at radius 1 is 1.07 bits per heavy atom. The van der Waals surface area contributed by atoms with E-state index in [0.717, 1.165) is 45.1 Å². The zero-order valence-corrected chi connectivity index (χ0v) is 20.1. The number of halogens is 1. The van der Waals surface area contributed by atoms with Gasteiger partial charge in [-0.1, -0.05) is 49.6 Å². The predicted octanol–water partition coefficient (Wildman–Crippen LogP) is 4.68. The van der Waals surface area contributed by atoms with Crippen LogP contribution < -0.4 is 10.6 Å². The molecule has 0 amide bonds. The Hall–Kier alpha value is -0.860. The molecule has 0 aromatic heterocycles. The van der Waals surface area contributed by atoms with Gasteiger partial charge in [0.1, 0.15) is 0 Å². The zero-order valence-electron chi connectivity index (χ0n) is 17.8. The summed E-state index contributed by atoms with van der Waals surface area (Å²) in [6, 6.07) is 10.6. The Bertz CT molecular complexity index is 579. The third-order valence-electron chi connectivity index (χ3n) is 5.85. The van der Waals surface area contributed by atoms with Crippen LogP contribution in [0.2, 0.25) is 0 Å². The van der Waals surface area contributed by atoms with Crippen LogP contribution in [0.3, 0.4) is 0 Å². The number of ether oxygens (including phenoxy) is 2. The molecule has 1 saturated carbocycles. The summed E-state index contributed by atoms with van der Waals surface area (Å²) in [6.45, 7) is 3.44. The smallest absolute Gasteiger partial charge is 0.190 e. The van der Waals surface area contributed by atoms with Crippen molar-refractivity contribution in [3.05, 3.63) is 35.9 Å². The van der Waals surface area contributed by atoms with E-state index in [0.29, 0.717) is 12.0 Å². The summed E-state index contributed by atoms with van der Waals surface area (Å²) in [5, 5.41) is 6.92. The molecular formula is C23H38IN3O2. The van der Waals surface area contributed by atoms with Crippen LogP contribution in [0.4, 0.5) is 0 Å². The first-order valence-corrected chi connectivity index (χ1v) is 11.1. The standard InChI is InChI=1S/C23H37N3O2.HI/c1-24-23(25-15-9-17-27-21-13-6-3-7-14-21)26-18-20-12-8-16-28-22(20)19-10-4-2-5-11-19;/h2,4-5,10-11,20-22H,3,6-9,12-18H2,1H3,(H2,24,25,26);1H. The monoisotopic (exact) mass is 515 g/mol. The molecule has 2 fully saturated rings. The summed E-state index contributed by atoms with van der Waals surface area (Å²) < 4.78 is 12.1. The molecule has 1 aliphatic heterocycles. The average molecular weight is 515 g/mol. The Morgan fingerprint density at radius 2 is 1.86 bits per heavy atom. The summed E-state index contributed by atoms with van der Waals surface area (Å²) in [7, 11) is 1.83. The zero-order chi connectivity index (χ0) is 19.4. The lowest BCUT2D eigenvalue weighted by Crippen LogP contribution is -2.42. The number of hydrogen-bond acceptors (Lipinski definition) is 3. The largest absolute Gasteiger partial charge is 0.378 e. The Kier molecular flexibility index (Phi) is 12.0. The second-order valence-electron chi connectivity index (χ2n) is 7.97. The normalized spacial score (nSPS) is 23.3. The molecule has 2 aliphatic rings. The fraction of sp³-hybridized carbons (Fsp3) is 0.696. The van der Waals surface area contributed by atoms with Gasteiger partial charge in [0.15, 0.2) is 5.96 Å². The predicted molar refractivity (Wildman–Crippen MR) is 130 cm³/mol. The molecule has 5 nitrogen and oxygen atoms in total. The number of nitrogens with zero attached hydrogens (tertiary/aromatic N) is 1. The third kappa shape index (κ3) is 8.42. The van der Waals surface area contributed by atoms with Crippen molar-refractivity contribution in [1.29, 1.82) is 0 Å². The van der Waals surface area contributed by atoms with Crippen LogP contribution >= 0.6 is 24.0 Å². The molecule has 0 spiro atoms. The summed E-state index contributed by atoms with van der Waals surface area (Å²) in [5.74, 6) is 1.33. The summed E-state index contributed by atoms with van der Waals surface area (Å²) in [5.41, 5.74) is 1.27. The van der Waals surface area contributed by atoms with Crippen molar-refractivity contribution < 1.29 is 9.47 Å². The maximum Gasteiger partial charge on any atom is 0.190 e. The molecule has 1 aliphatic carbocycles. The van der Waals surface area contributed by atoms with E-state index in [1.54, 1.807) is 0 Å². The lowest BCUT2D eigenvalue weighted by Gasteiger charge is -2.32. The van der Waals surface area contributed by atoms with E-state index in [2.05, 4.69) is 46.0 Å². The fourth-order valence-corrected chi connectivity index (χ4v) is 4.27. The third-order valence-corrected chi connectivity index (χ3v) is 5.85. The highest BCUT2D eigenvalue weighted by molar-refractivity contribution is 14.0.